The highest BCUT2D eigenvalue weighted by molar-refractivity contribution is 7.90. The number of nitrogens with zero attached hydrogens (tertiary/aromatic N) is 5. The zero-order valence-corrected chi connectivity index (χ0v) is 33.9. The molecule has 0 unspecified atom stereocenters. The van der Waals surface area contributed by atoms with Gasteiger partial charge in [0, 0.05) is 29.6 Å². The van der Waals surface area contributed by atoms with Gasteiger partial charge in [-0.25, -0.2) is 8.42 Å². The molecule has 5 heterocycles. The molecule has 2 saturated heterocycles. The minimum atomic E-state index is -3.77. The first-order valence-electron chi connectivity index (χ1n) is 20.2. The molecule has 12 nitrogen and oxygen atoms in total. The van der Waals surface area contributed by atoms with Crippen molar-refractivity contribution in [3.05, 3.63) is 70.5 Å². The predicted octanol–water partition coefficient (Wildman–Crippen LogP) is 6.25. The zero-order valence-electron chi connectivity index (χ0n) is 33.1. The van der Waals surface area contributed by atoms with E-state index in [2.05, 4.69) is 56.3 Å². The molecule has 3 fully saturated rings. The van der Waals surface area contributed by atoms with E-state index >= 15 is 0 Å². The number of sulfonamides is 1. The number of carbonyl (C=O) groups is 2. The van der Waals surface area contributed by atoms with Crippen molar-refractivity contribution in [1.29, 1.82) is 0 Å². The quantitative estimate of drug-likeness (QED) is 0.211. The van der Waals surface area contributed by atoms with Gasteiger partial charge in [-0.3, -0.25) is 19.0 Å². The number of fused-ring (bicyclic) bond motifs is 5. The van der Waals surface area contributed by atoms with Crippen LogP contribution in [0.3, 0.4) is 0 Å². The highest BCUT2D eigenvalue weighted by Gasteiger charge is 2.34. The van der Waals surface area contributed by atoms with Crippen LogP contribution in [0.4, 0.5) is 0 Å². The minimum absolute atomic E-state index is 0.0383. The first-order valence-corrected chi connectivity index (χ1v) is 21.8. The van der Waals surface area contributed by atoms with Crippen LogP contribution in [0.1, 0.15) is 103 Å². The van der Waals surface area contributed by atoms with E-state index in [1.165, 1.54) is 24.8 Å². The van der Waals surface area contributed by atoms with Crippen molar-refractivity contribution in [3.8, 4) is 17.0 Å². The topological polar surface area (TPSA) is 128 Å². The smallest absolute Gasteiger partial charge is 0.257 e. The third-order valence-electron chi connectivity index (χ3n) is 12.3. The lowest BCUT2D eigenvalue weighted by Crippen LogP contribution is -2.41. The Morgan fingerprint density at radius 1 is 0.964 bits per heavy atom. The summed E-state index contributed by atoms with van der Waals surface area (Å²) < 4.78 is 43.4. The molecule has 3 aliphatic heterocycles. The summed E-state index contributed by atoms with van der Waals surface area (Å²) in [5, 5.41) is 5.43. The molecule has 13 heteroatoms. The summed E-state index contributed by atoms with van der Waals surface area (Å²) in [5.41, 5.74) is 8.69. The van der Waals surface area contributed by atoms with Gasteiger partial charge in [0.15, 0.2) is 0 Å². The van der Waals surface area contributed by atoms with E-state index < -0.39 is 21.2 Å². The van der Waals surface area contributed by atoms with E-state index in [0.717, 1.165) is 89.1 Å². The average molecular weight is 783 g/mol. The summed E-state index contributed by atoms with van der Waals surface area (Å²) in [5.74, 6) is 0.511. The summed E-state index contributed by atoms with van der Waals surface area (Å²) in [6.07, 6.45) is 11.5. The summed E-state index contributed by atoms with van der Waals surface area (Å²) in [6.45, 7) is 7.55. The van der Waals surface area contributed by atoms with E-state index in [9.17, 15) is 18.0 Å². The average Bonchev–Trinajstić information content (AvgIpc) is 3.72. The van der Waals surface area contributed by atoms with E-state index in [0.29, 0.717) is 44.3 Å². The molecule has 8 rings (SSSR count). The van der Waals surface area contributed by atoms with Crippen molar-refractivity contribution in [1.82, 2.24) is 28.9 Å². The molecular formula is C43H54N6O6S. The Morgan fingerprint density at radius 3 is 2.43 bits per heavy atom. The first-order chi connectivity index (χ1) is 27.0. The van der Waals surface area contributed by atoms with Crippen LogP contribution in [0, 0.1) is 0 Å². The van der Waals surface area contributed by atoms with Gasteiger partial charge in [0.25, 0.3) is 5.91 Å². The number of aromatic nitrogens is 3. The van der Waals surface area contributed by atoms with Crippen LogP contribution in [0.5, 0.6) is 5.75 Å². The summed E-state index contributed by atoms with van der Waals surface area (Å²) in [6, 6.07) is 12.6. The number of rotatable bonds is 9. The fourth-order valence-corrected chi connectivity index (χ4v) is 9.76. The Hall–Kier alpha value is -4.46. The lowest BCUT2D eigenvalue weighted by Gasteiger charge is -2.31. The molecule has 2 aromatic heterocycles. The number of piperidine rings is 1. The molecule has 0 radical (unpaired) electrons. The second-order valence-corrected chi connectivity index (χ2v) is 18.5. The van der Waals surface area contributed by atoms with Gasteiger partial charge in [0.05, 0.1) is 67.7 Å². The van der Waals surface area contributed by atoms with Gasteiger partial charge >= 0.3 is 0 Å². The maximum atomic E-state index is 14.5. The molecule has 4 aliphatic rings. The normalized spacial score (nSPS) is 18.7. The minimum Gasteiger partial charge on any atom is -0.497 e. The standard InChI is InChI=1S/C43H54N6O6S/c1-28(2)56(52,53)45-39(50)23-29-10-12-36-38(22-29)48-27-32(24-31-25-34(54-4)11-13-35(31)42(48)40(36)30-8-6-5-7-9-30)41-37(43(51)47-18-20-55-21-19-47)26-44-49(41)33-14-16-46(3)17-15-33/h10-13,22,24-26,28,30,33H,5-9,14-21,23,27H2,1-4H3,(H,45,50). The van der Waals surface area contributed by atoms with E-state index in [-0.39, 0.29) is 18.4 Å². The maximum Gasteiger partial charge on any atom is 0.257 e. The molecule has 0 atom stereocenters. The molecular weight excluding hydrogens is 729 g/mol. The number of allylic oxidation sites excluding steroid dienone is 1. The number of nitrogens with one attached hydrogen (secondary N) is 1. The number of carbonyl (C=O) groups excluding carboxylic acids is 2. The van der Waals surface area contributed by atoms with E-state index in [4.69, 9.17) is 14.6 Å². The molecule has 298 valence electrons. The second kappa shape index (κ2) is 15.8. The van der Waals surface area contributed by atoms with Crippen LogP contribution in [0.15, 0.2) is 42.6 Å². The molecule has 1 saturated carbocycles. The van der Waals surface area contributed by atoms with Crippen molar-refractivity contribution in [2.45, 2.75) is 89.0 Å². The lowest BCUT2D eigenvalue weighted by molar-refractivity contribution is -0.118. The number of amides is 2. The molecule has 2 amide bonds. The van der Waals surface area contributed by atoms with Crippen molar-refractivity contribution < 1.29 is 27.5 Å². The van der Waals surface area contributed by atoms with Crippen LogP contribution in [-0.2, 0) is 32.5 Å². The van der Waals surface area contributed by atoms with Gasteiger partial charge in [-0.05, 0) is 118 Å². The third kappa shape index (κ3) is 7.41. The van der Waals surface area contributed by atoms with Crippen LogP contribution >= 0.6 is 0 Å². The molecule has 2 aromatic carbocycles. The number of likely N-dealkylation sites (tertiary alicyclic amines) is 1. The van der Waals surface area contributed by atoms with Crippen LogP contribution < -0.4 is 9.46 Å². The highest BCUT2D eigenvalue weighted by atomic mass is 32.2. The summed E-state index contributed by atoms with van der Waals surface area (Å²) in [7, 11) is 0.0661. The van der Waals surface area contributed by atoms with E-state index in [1.807, 2.05) is 17.0 Å². The summed E-state index contributed by atoms with van der Waals surface area (Å²) in [4.78, 5) is 31.9. The van der Waals surface area contributed by atoms with E-state index in [1.54, 1.807) is 27.2 Å². The number of methoxy groups -OCH3 is 1. The first kappa shape index (κ1) is 38.4. The van der Waals surface area contributed by atoms with Crippen molar-refractivity contribution >= 4 is 44.4 Å². The zero-order chi connectivity index (χ0) is 39.1. The van der Waals surface area contributed by atoms with Crippen molar-refractivity contribution in [2.24, 2.45) is 0 Å². The van der Waals surface area contributed by atoms with Crippen molar-refractivity contribution in [2.75, 3.05) is 53.6 Å². The molecule has 0 spiro atoms. The Kier molecular flexibility index (Phi) is 10.9. The monoisotopic (exact) mass is 782 g/mol. The second-order valence-electron chi connectivity index (χ2n) is 16.2. The number of benzene rings is 2. The van der Waals surface area contributed by atoms with Gasteiger partial charge in [0.2, 0.25) is 15.9 Å². The Balaban J connectivity index is 1.33. The summed E-state index contributed by atoms with van der Waals surface area (Å²) >= 11 is 0. The SMILES string of the molecule is COc1ccc2c(c1)C=C(c1c(C(=O)N3CCOCC3)cnn1C1CCN(C)CC1)Cn1c-2c(C2CCCCC2)c2ccc(CC(=O)NS(=O)(=O)C(C)C)cc21. The number of ether oxygens (including phenoxy) is 2. The number of hydrogen-bond donors (Lipinski definition) is 1. The van der Waals surface area contributed by atoms with Gasteiger partial charge in [0.1, 0.15) is 5.75 Å². The third-order valence-corrected chi connectivity index (χ3v) is 14.0. The number of hydrogen-bond acceptors (Lipinski definition) is 8. The van der Waals surface area contributed by atoms with Crippen LogP contribution in [0.2, 0.25) is 0 Å². The van der Waals surface area contributed by atoms with Crippen LogP contribution in [-0.4, -0.2) is 103 Å². The molecule has 0 bridgehead atoms. The fraction of sp³-hybridized carbons (Fsp3) is 0.512. The molecule has 56 heavy (non-hydrogen) atoms. The Morgan fingerprint density at radius 2 is 1.71 bits per heavy atom. The number of morpholine rings is 1. The Labute approximate surface area is 329 Å². The largest absolute Gasteiger partial charge is 0.497 e. The van der Waals surface area contributed by atoms with Gasteiger partial charge in [-0.15, -0.1) is 0 Å². The van der Waals surface area contributed by atoms with Gasteiger partial charge < -0.3 is 23.8 Å². The van der Waals surface area contributed by atoms with Gasteiger partial charge in [-0.1, -0.05) is 31.4 Å². The van der Waals surface area contributed by atoms with Gasteiger partial charge in [-0.2, -0.15) is 5.10 Å². The predicted molar refractivity (Wildman–Crippen MR) is 218 cm³/mol. The Bertz CT molecular complexity index is 2270. The van der Waals surface area contributed by atoms with Crippen LogP contribution in [0.25, 0.3) is 33.8 Å². The fourth-order valence-electron chi connectivity index (χ4n) is 9.13. The lowest BCUT2D eigenvalue weighted by atomic mass is 9.81. The molecule has 1 N–H and O–H groups in total. The maximum absolute atomic E-state index is 14.5. The van der Waals surface area contributed by atoms with Crippen molar-refractivity contribution in [3.63, 3.8) is 0 Å². The molecule has 4 aromatic rings. The highest BCUT2D eigenvalue weighted by Crippen LogP contribution is 2.48. The molecule has 1 aliphatic carbocycles.